The summed E-state index contributed by atoms with van der Waals surface area (Å²) in [6.07, 6.45) is -1.47. The third-order valence-electron chi connectivity index (χ3n) is 4.56. The average Bonchev–Trinajstić information content (AvgIpc) is 2.95. The molecule has 1 aliphatic rings. The SMILES string of the molecule is Cn1ccc(-c2cnc(Cl)cc2NC2CCC(O)(C(F)(F)F)CC2)n1. The third kappa shape index (κ3) is 3.74. The summed E-state index contributed by atoms with van der Waals surface area (Å²) in [5.74, 6) is 0. The van der Waals surface area contributed by atoms with Gasteiger partial charge in [-0.3, -0.25) is 4.68 Å². The van der Waals surface area contributed by atoms with E-state index in [0.29, 0.717) is 11.4 Å². The molecule has 3 rings (SSSR count). The van der Waals surface area contributed by atoms with Crippen molar-refractivity contribution in [1.82, 2.24) is 14.8 Å². The summed E-state index contributed by atoms with van der Waals surface area (Å²) in [5.41, 5.74) is -0.509. The molecule has 0 aliphatic heterocycles. The zero-order valence-electron chi connectivity index (χ0n) is 13.5. The molecule has 0 atom stereocenters. The van der Waals surface area contributed by atoms with E-state index in [4.69, 9.17) is 11.6 Å². The molecule has 0 saturated heterocycles. The van der Waals surface area contributed by atoms with Crippen LogP contribution in [0.2, 0.25) is 5.15 Å². The van der Waals surface area contributed by atoms with Crippen molar-refractivity contribution < 1.29 is 18.3 Å². The first-order valence-electron chi connectivity index (χ1n) is 7.89. The van der Waals surface area contributed by atoms with Crippen LogP contribution in [0.25, 0.3) is 11.3 Å². The molecule has 9 heteroatoms. The fourth-order valence-corrected chi connectivity index (χ4v) is 3.21. The molecule has 136 valence electrons. The van der Waals surface area contributed by atoms with E-state index >= 15 is 0 Å². The van der Waals surface area contributed by atoms with E-state index in [9.17, 15) is 18.3 Å². The van der Waals surface area contributed by atoms with E-state index in [1.807, 2.05) is 6.07 Å². The van der Waals surface area contributed by atoms with E-state index in [0.717, 1.165) is 5.56 Å². The van der Waals surface area contributed by atoms with Crippen molar-refractivity contribution in [3.8, 4) is 11.3 Å². The van der Waals surface area contributed by atoms with Gasteiger partial charge in [0.2, 0.25) is 0 Å². The largest absolute Gasteiger partial charge is 0.417 e. The van der Waals surface area contributed by atoms with Gasteiger partial charge < -0.3 is 10.4 Å². The van der Waals surface area contributed by atoms with Crippen molar-refractivity contribution in [3.63, 3.8) is 0 Å². The van der Waals surface area contributed by atoms with Gasteiger partial charge in [0.15, 0.2) is 5.60 Å². The minimum atomic E-state index is -4.60. The molecule has 2 N–H and O–H groups in total. The van der Waals surface area contributed by atoms with Crippen LogP contribution in [0, 0.1) is 0 Å². The molecule has 0 radical (unpaired) electrons. The minimum Gasteiger partial charge on any atom is -0.382 e. The Bertz CT molecular complexity index is 754. The molecule has 2 aromatic rings. The number of aromatic nitrogens is 3. The number of nitrogens with zero attached hydrogens (tertiary/aromatic N) is 3. The topological polar surface area (TPSA) is 63.0 Å². The molecule has 2 heterocycles. The maximum absolute atomic E-state index is 12.9. The average molecular weight is 375 g/mol. The number of anilines is 1. The van der Waals surface area contributed by atoms with Gasteiger partial charge in [-0.05, 0) is 37.8 Å². The van der Waals surface area contributed by atoms with Crippen molar-refractivity contribution in [2.45, 2.75) is 43.5 Å². The van der Waals surface area contributed by atoms with E-state index in [-0.39, 0.29) is 36.9 Å². The highest BCUT2D eigenvalue weighted by molar-refractivity contribution is 6.29. The van der Waals surface area contributed by atoms with Gasteiger partial charge in [0.25, 0.3) is 0 Å². The molecule has 0 amide bonds. The Morgan fingerprint density at radius 3 is 2.60 bits per heavy atom. The van der Waals surface area contributed by atoms with Crippen molar-refractivity contribution in [2.75, 3.05) is 5.32 Å². The predicted molar refractivity (Wildman–Crippen MR) is 88.3 cm³/mol. The molecular weight excluding hydrogens is 357 g/mol. The van der Waals surface area contributed by atoms with Gasteiger partial charge in [-0.1, -0.05) is 11.6 Å². The fraction of sp³-hybridized carbons (Fsp3) is 0.500. The summed E-state index contributed by atoms with van der Waals surface area (Å²) < 4.78 is 40.4. The maximum Gasteiger partial charge on any atom is 0.417 e. The van der Waals surface area contributed by atoms with Crippen molar-refractivity contribution in [3.05, 3.63) is 29.7 Å². The molecule has 2 aromatic heterocycles. The van der Waals surface area contributed by atoms with Gasteiger partial charge in [0.1, 0.15) is 5.15 Å². The van der Waals surface area contributed by atoms with Gasteiger partial charge in [0, 0.05) is 36.7 Å². The molecule has 1 aliphatic carbocycles. The fourth-order valence-electron chi connectivity index (χ4n) is 3.06. The zero-order valence-corrected chi connectivity index (χ0v) is 14.3. The molecule has 0 aromatic carbocycles. The lowest BCUT2D eigenvalue weighted by molar-refractivity contribution is -0.269. The standard InChI is InChI=1S/C16H18ClF3N4O/c1-24-7-4-12(23-24)11-9-21-14(17)8-13(11)22-10-2-5-15(25,6-3-10)16(18,19)20/h4,7-10,25H,2-3,5-6H2,1H3,(H,21,22). The van der Waals surface area contributed by atoms with Gasteiger partial charge in [-0.15, -0.1) is 0 Å². The van der Waals surface area contributed by atoms with Crippen LogP contribution in [0.15, 0.2) is 24.5 Å². The Kier molecular flexibility index (Phi) is 4.68. The van der Waals surface area contributed by atoms with Gasteiger partial charge in [-0.25, -0.2) is 4.98 Å². The van der Waals surface area contributed by atoms with Crippen LogP contribution in [0.1, 0.15) is 25.7 Å². The number of halogens is 4. The minimum absolute atomic E-state index is 0.191. The highest BCUT2D eigenvalue weighted by atomic mass is 35.5. The summed E-state index contributed by atoms with van der Waals surface area (Å²) in [5, 5.41) is 17.6. The first-order chi connectivity index (χ1) is 11.7. The smallest absolute Gasteiger partial charge is 0.382 e. The lowest BCUT2D eigenvalue weighted by atomic mass is 9.81. The van der Waals surface area contributed by atoms with Gasteiger partial charge in [0.05, 0.1) is 5.69 Å². The summed E-state index contributed by atoms with van der Waals surface area (Å²) in [4.78, 5) is 4.06. The third-order valence-corrected chi connectivity index (χ3v) is 4.77. The maximum atomic E-state index is 12.9. The Morgan fingerprint density at radius 1 is 1.36 bits per heavy atom. The van der Waals surface area contributed by atoms with E-state index in [1.165, 1.54) is 0 Å². The van der Waals surface area contributed by atoms with E-state index in [1.54, 1.807) is 30.2 Å². The molecule has 5 nitrogen and oxygen atoms in total. The zero-order chi connectivity index (χ0) is 18.2. The first-order valence-corrected chi connectivity index (χ1v) is 8.27. The summed E-state index contributed by atoms with van der Waals surface area (Å²) in [7, 11) is 1.79. The van der Waals surface area contributed by atoms with Crippen molar-refractivity contribution >= 4 is 17.3 Å². The quantitative estimate of drug-likeness (QED) is 0.802. The molecule has 1 fully saturated rings. The van der Waals surface area contributed by atoms with E-state index < -0.39 is 11.8 Å². The number of hydrogen-bond donors (Lipinski definition) is 2. The van der Waals surface area contributed by atoms with Crippen LogP contribution < -0.4 is 5.32 Å². The summed E-state index contributed by atoms with van der Waals surface area (Å²) >= 11 is 5.97. The number of aryl methyl sites for hydroxylation is 1. The predicted octanol–water partition coefficient (Wildman–Crippen LogP) is 3.78. The highest BCUT2D eigenvalue weighted by Gasteiger charge is 2.54. The van der Waals surface area contributed by atoms with Crippen LogP contribution in [-0.4, -0.2) is 37.7 Å². The van der Waals surface area contributed by atoms with E-state index in [2.05, 4.69) is 15.4 Å². The number of pyridine rings is 1. The number of aliphatic hydroxyl groups is 1. The monoisotopic (exact) mass is 374 g/mol. The van der Waals surface area contributed by atoms with Crippen LogP contribution in [0.3, 0.4) is 0 Å². The Morgan fingerprint density at radius 2 is 2.04 bits per heavy atom. The highest BCUT2D eigenvalue weighted by Crippen LogP contribution is 2.42. The summed E-state index contributed by atoms with van der Waals surface area (Å²) in [6, 6.07) is 3.26. The summed E-state index contributed by atoms with van der Waals surface area (Å²) in [6.45, 7) is 0. The number of nitrogens with one attached hydrogen (secondary N) is 1. The molecule has 1 saturated carbocycles. The molecule has 0 spiro atoms. The van der Waals surface area contributed by atoms with Gasteiger partial charge in [-0.2, -0.15) is 18.3 Å². The molecule has 0 unspecified atom stereocenters. The van der Waals surface area contributed by atoms with Crippen LogP contribution in [-0.2, 0) is 7.05 Å². The molecule has 0 bridgehead atoms. The normalized spacial score (nSPS) is 24.3. The van der Waals surface area contributed by atoms with Crippen molar-refractivity contribution in [1.29, 1.82) is 0 Å². The lowest BCUT2D eigenvalue weighted by Crippen LogP contribution is -2.49. The second-order valence-corrected chi connectivity index (χ2v) is 6.76. The molecule has 25 heavy (non-hydrogen) atoms. The van der Waals surface area contributed by atoms with Crippen LogP contribution in [0.5, 0.6) is 0 Å². The Labute approximate surface area is 147 Å². The number of hydrogen-bond acceptors (Lipinski definition) is 4. The Hall–Kier alpha value is -1.80. The lowest BCUT2D eigenvalue weighted by Gasteiger charge is -2.37. The van der Waals surface area contributed by atoms with Gasteiger partial charge >= 0.3 is 6.18 Å². The van der Waals surface area contributed by atoms with Crippen molar-refractivity contribution in [2.24, 2.45) is 7.05 Å². The van der Waals surface area contributed by atoms with Crippen LogP contribution >= 0.6 is 11.6 Å². The first kappa shape index (κ1) is 18.0. The van der Waals surface area contributed by atoms with Crippen LogP contribution in [0.4, 0.5) is 18.9 Å². The number of rotatable bonds is 3. The second-order valence-electron chi connectivity index (χ2n) is 6.38. The second kappa shape index (κ2) is 6.49. The Balaban J connectivity index is 1.77. The molecular formula is C16H18ClF3N4O. The number of alkyl halides is 3.